The summed E-state index contributed by atoms with van der Waals surface area (Å²) in [6, 6.07) is 8.34. The zero-order valence-corrected chi connectivity index (χ0v) is 21.9. The number of sulfonamides is 1. The average molecular weight is 491 g/mol. The van der Waals surface area contributed by atoms with Crippen molar-refractivity contribution in [3.05, 3.63) is 52.6 Å². The molecule has 1 unspecified atom stereocenters. The molecule has 1 aliphatic rings. The van der Waals surface area contributed by atoms with E-state index in [4.69, 9.17) is 4.74 Å². The number of hydrogen-bond donors (Lipinski definition) is 1. The Kier molecular flexibility index (Phi) is 8.13. The molecule has 1 saturated heterocycles. The van der Waals surface area contributed by atoms with Crippen LogP contribution < -0.4 is 9.46 Å². The Labute approximate surface area is 202 Å². The minimum Gasteiger partial charge on any atom is -0.496 e. The van der Waals surface area contributed by atoms with E-state index >= 15 is 0 Å². The molecule has 1 fully saturated rings. The third-order valence-corrected chi connectivity index (χ3v) is 8.48. The first kappa shape index (κ1) is 25.6. The summed E-state index contributed by atoms with van der Waals surface area (Å²) in [5, 5.41) is 0. The predicted octanol–water partition coefficient (Wildman–Crippen LogP) is 5.12. The van der Waals surface area contributed by atoms with Crippen LogP contribution in [0.5, 0.6) is 5.75 Å². The lowest BCUT2D eigenvalue weighted by Gasteiger charge is -2.22. The lowest BCUT2D eigenvalue weighted by atomic mass is 9.94. The van der Waals surface area contributed by atoms with E-state index in [-0.39, 0.29) is 16.7 Å². The van der Waals surface area contributed by atoms with Gasteiger partial charge in [-0.3, -0.25) is 4.79 Å². The number of aryl methyl sites for hydroxylation is 1. The summed E-state index contributed by atoms with van der Waals surface area (Å²) < 4.78 is 34.9. The highest BCUT2D eigenvalue weighted by Crippen LogP contribution is 2.33. The van der Waals surface area contributed by atoms with Gasteiger partial charge in [-0.25, -0.2) is 13.1 Å². The van der Waals surface area contributed by atoms with Crippen LogP contribution in [0.4, 0.5) is 0 Å². The highest BCUT2D eigenvalue weighted by Gasteiger charge is 2.26. The van der Waals surface area contributed by atoms with Crippen molar-refractivity contribution in [2.45, 2.75) is 62.3 Å². The third kappa shape index (κ3) is 5.55. The minimum atomic E-state index is -3.84. The fraction of sp³-hybridized carbons (Fsp3) is 0.480. The maximum Gasteiger partial charge on any atom is 0.255 e. The summed E-state index contributed by atoms with van der Waals surface area (Å²) in [5.74, 6) is 0.940. The van der Waals surface area contributed by atoms with Gasteiger partial charge in [0.2, 0.25) is 10.0 Å². The molecule has 1 heterocycles. The van der Waals surface area contributed by atoms with Crippen LogP contribution in [-0.2, 0) is 10.0 Å². The largest absolute Gasteiger partial charge is 0.496 e. The summed E-state index contributed by atoms with van der Waals surface area (Å²) in [7, 11) is -2.19. The van der Waals surface area contributed by atoms with Crippen LogP contribution in [0.15, 0.2) is 40.1 Å². The molecule has 3 rings (SSSR count). The number of ether oxygens (including phenoxy) is 1. The van der Waals surface area contributed by atoms with Crippen molar-refractivity contribution in [1.82, 2.24) is 9.62 Å². The van der Waals surface area contributed by atoms with Crippen molar-refractivity contribution in [3.63, 3.8) is 0 Å². The van der Waals surface area contributed by atoms with E-state index in [1.165, 1.54) is 17.8 Å². The molecule has 0 radical (unpaired) electrons. The van der Waals surface area contributed by atoms with Crippen molar-refractivity contribution >= 4 is 27.7 Å². The Morgan fingerprint density at radius 1 is 1.09 bits per heavy atom. The number of likely N-dealkylation sites (tertiary alicyclic amines) is 1. The van der Waals surface area contributed by atoms with Crippen LogP contribution in [0, 0.1) is 6.92 Å². The number of methoxy groups -OCH3 is 1. The Morgan fingerprint density at radius 3 is 2.33 bits per heavy atom. The number of nitrogens with one attached hydrogen (secondary N) is 1. The number of benzene rings is 2. The fourth-order valence-corrected chi connectivity index (χ4v) is 6.11. The lowest BCUT2D eigenvalue weighted by Crippen LogP contribution is -2.30. The second kappa shape index (κ2) is 10.5. The second-order valence-corrected chi connectivity index (χ2v) is 11.4. The Morgan fingerprint density at radius 2 is 1.76 bits per heavy atom. The van der Waals surface area contributed by atoms with Gasteiger partial charge in [0, 0.05) is 24.0 Å². The Balaban J connectivity index is 1.92. The van der Waals surface area contributed by atoms with Crippen LogP contribution >= 0.6 is 11.8 Å². The summed E-state index contributed by atoms with van der Waals surface area (Å²) in [6.45, 7) is 9.38. The van der Waals surface area contributed by atoms with Crippen molar-refractivity contribution in [2.75, 3.05) is 26.5 Å². The number of rotatable bonds is 8. The van der Waals surface area contributed by atoms with Crippen molar-refractivity contribution < 1.29 is 17.9 Å². The van der Waals surface area contributed by atoms with Gasteiger partial charge >= 0.3 is 0 Å². The molecule has 1 amide bonds. The van der Waals surface area contributed by atoms with Crippen LogP contribution in [0.1, 0.15) is 72.6 Å². The van der Waals surface area contributed by atoms with Crippen LogP contribution in [0.25, 0.3) is 0 Å². The summed E-state index contributed by atoms with van der Waals surface area (Å²) in [4.78, 5) is 15.7. The third-order valence-electron chi connectivity index (χ3n) is 6.14. The highest BCUT2D eigenvalue weighted by molar-refractivity contribution is 7.98. The van der Waals surface area contributed by atoms with Gasteiger partial charge in [0.1, 0.15) is 5.75 Å². The number of carbonyl (C=O) groups is 1. The number of hydrogen-bond acceptors (Lipinski definition) is 5. The number of thioether (sulfide) groups is 1. The standard InChI is InChI=1S/C25H34N2O4S2/c1-16(2)20-15-21(17(3)13-23(20)31-5)18(4)26-33(29,30)19-9-10-24(32-6)22(14-19)25(28)27-11-7-8-12-27/h9-10,13-16,18,26H,7-8,11-12H2,1-6H3. The van der Waals surface area contributed by atoms with Gasteiger partial charge in [-0.15, -0.1) is 11.8 Å². The highest BCUT2D eigenvalue weighted by atomic mass is 32.2. The van der Waals surface area contributed by atoms with Gasteiger partial charge in [0.25, 0.3) is 5.91 Å². The molecule has 2 aromatic carbocycles. The molecule has 1 N–H and O–H groups in total. The first-order valence-corrected chi connectivity index (χ1v) is 14.0. The molecule has 8 heteroatoms. The van der Waals surface area contributed by atoms with Crippen LogP contribution in [0.2, 0.25) is 0 Å². The first-order valence-electron chi connectivity index (χ1n) is 11.3. The number of amides is 1. The molecule has 2 aromatic rings. The Bertz CT molecular complexity index is 1120. The predicted molar refractivity (Wildman–Crippen MR) is 134 cm³/mol. The Hall–Kier alpha value is -2.03. The number of nitrogens with zero attached hydrogens (tertiary/aromatic N) is 1. The number of carbonyl (C=O) groups excluding carboxylic acids is 1. The molecule has 1 atom stereocenters. The van der Waals surface area contributed by atoms with Crippen LogP contribution in [-0.4, -0.2) is 45.7 Å². The van der Waals surface area contributed by atoms with E-state index in [9.17, 15) is 13.2 Å². The molecular formula is C25H34N2O4S2. The molecule has 180 valence electrons. The monoisotopic (exact) mass is 490 g/mol. The van der Waals surface area contributed by atoms with Crippen LogP contribution in [0.3, 0.4) is 0 Å². The maximum absolute atomic E-state index is 13.3. The normalized spacial score (nSPS) is 15.2. The minimum absolute atomic E-state index is 0.102. The van der Waals surface area contributed by atoms with E-state index in [0.29, 0.717) is 18.7 Å². The van der Waals surface area contributed by atoms with Gasteiger partial charge in [0.15, 0.2) is 0 Å². The quantitative estimate of drug-likeness (QED) is 0.520. The van der Waals surface area contributed by atoms with Crippen molar-refractivity contribution in [3.8, 4) is 5.75 Å². The van der Waals surface area contributed by atoms with E-state index in [1.54, 1.807) is 24.1 Å². The van der Waals surface area contributed by atoms with Gasteiger partial charge in [-0.05, 0) is 85.9 Å². The molecule has 33 heavy (non-hydrogen) atoms. The molecule has 0 aliphatic carbocycles. The van der Waals surface area contributed by atoms with Crippen molar-refractivity contribution in [2.24, 2.45) is 0 Å². The zero-order valence-electron chi connectivity index (χ0n) is 20.3. The first-order chi connectivity index (χ1) is 15.6. The zero-order chi connectivity index (χ0) is 24.3. The maximum atomic E-state index is 13.3. The van der Waals surface area contributed by atoms with Gasteiger partial charge < -0.3 is 9.64 Å². The lowest BCUT2D eigenvalue weighted by molar-refractivity contribution is 0.0789. The molecule has 0 aromatic heterocycles. The topological polar surface area (TPSA) is 75.7 Å². The average Bonchev–Trinajstić information content (AvgIpc) is 3.32. The van der Waals surface area contributed by atoms with E-state index in [1.807, 2.05) is 32.2 Å². The van der Waals surface area contributed by atoms with E-state index in [0.717, 1.165) is 40.2 Å². The fourth-order valence-electron chi connectivity index (χ4n) is 4.29. The second-order valence-electron chi connectivity index (χ2n) is 8.81. The molecule has 6 nitrogen and oxygen atoms in total. The molecule has 0 saturated carbocycles. The smallest absolute Gasteiger partial charge is 0.255 e. The van der Waals surface area contributed by atoms with Crippen molar-refractivity contribution in [1.29, 1.82) is 0 Å². The summed E-state index contributed by atoms with van der Waals surface area (Å²) in [5.41, 5.74) is 3.33. The summed E-state index contributed by atoms with van der Waals surface area (Å²) in [6.07, 6.45) is 3.86. The van der Waals surface area contributed by atoms with Gasteiger partial charge in [-0.1, -0.05) is 13.8 Å². The van der Waals surface area contributed by atoms with Gasteiger partial charge in [-0.2, -0.15) is 0 Å². The van der Waals surface area contributed by atoms with Gasteiger partial charge in [0.05, 0.1) is 17.6 Å². The SMILES string of the molecule is COc1cc(C)c(C(C)NS(=O)(=O)c2ccc(SC)c(C(=O)N3CCCC3)c2)cc1C(C)C. The molecule has 0 bridgehead atoms. The molecule has 0 spiro atoms. The summed E-state index contributed by atoms with van der Waals surface area (Å²) >= 11 is 1.45. The molecule has 1 aliphatic heterocycles. The van der Waals surface area contributed by atoms with E-state index in [2.05, 4.69) is 18.6 Å². The molecular weight excluding hydrogens is 456 g/mol. The van der Waals surface area contributed by atoms with E-state index < -0.39 is 16.1 Å².